The van der Waals surface area contributed by atoms with Crippen LogP contribution in [0.15, 0.2) is 0 Å². The molecule has 3 N–H and O–H groups in total. The Bertz CT molecular complexity index is 471. The van der Waals surface area contributed by atoms with Crippen LogP contribution in [-0.4, -0.2) is 79.8 Å². The molecule has 7 heteroatoms. The van der Waals surface area contributed by atoms with Crippen LogP contribution in [0.3, 0.4) is 0 Å². The number of hydroxylamine groups is 1. The van der Waals surface area contributed by atoms with Crippen molar-refractivity contribution >= 4 is 0 Å². The highest BCUT2D eigenvalue weighted by atomic mass is 16.7. The Balaban J connectivity index is 1.16. The molecule has 0 spiro atoms. The Labute approximate surface area is 157 Å². The fourth-order valence-corrected chi connectivity index (χ4v) is 5.52. The van der Waals surface area contributed by atoms with E-state index >= 15 is 0 Å². The first kappa shape index (κ1) is 17.8. The van der Waals surface area contributed by atoms with Crippen LogP contribution in [0.4, 0.5) is 0 Å². The molecular formula is C19H35N5O2. The van der Waals surface area contributed by atoms with E-state index < -0.39 is 0 Å². The topological polar surface area (TPSA) is 61.0 Å². The number of morpholine rings is 1. The largest absolute Gasteiger partial charge is 0.379 e. The van der Waals surface area contributed by atoms with Crippen molar-refractivity contribution in [2.75, 3.05) is 39.4 Å². The fourth-order valence-electron chi connectivity index (χ4n) is 5.52. The summed E-state index contributed by atoms with van der Waals surface area (Å²) >= 11 is 0. The van der Waals surface area contributed by atoms with E-state index in [1.165, 1.54) is 51.5 Å². The van der Waals surface area contributed by atoms with Gasteiger partial charge >= 0.3 is 0 Å². The summed E-state index contributed by atoms with van der Waals surface area (Å²) in [5, 5.41) is 7.52. The zero-order chi connectivity index (χ0) is 17.3. The maximum atomic E-state index is 6.08. The molecule has 0 aromatic rings. The number of nitrogens with zero attached hydrogens (tertiary/aromatic N) is 2. The summed E-state index contributed by atoms with van der Waals surface area (Å²) in [5.41, 5.74) is 3.36. The van der Waals surface area contributed by atoms with Gasteiger partial charge in [0.1, 0.15) is 6.23 Å². The van der Waals surface area contributed by atoms with Crippen LogP contribution in [0, 0.1) is 5.92 Å². The molecule has 4 heterocycles. The maximum absolute atomic E-state index is 6.08. The highest BCUT2D eigenvalue weighted by Crippen LogP contribution is 2.34. The maximum Gasteiger partial charge on any atom is 0.146 e. The van der Waals surface area contributed by atoms with Gasteiger partial charge in [-0.2, -0.15) is 5.48 Å². The van der Waals surface area contributed by atoms with E-state index in [4.69, 9.17) is 9.57 Å². The molecule has 0 aromatic carbocycles. The van der Waals surface area contributed by atoms with Crippen LogP contribution in [0.5, 0.6) is 0 Å². The molecule has 5 rings (SSSR count). The van der Waals surface area contributed by atoms with Crippen molar-refractivity contribution in [1.29, 1.82) is 0 Å². The number of hydrogen-bond donors (Lipinski definition) is 3. The van der Waals surface area contributed by atoms with Gasteiger partial charge < -0.3 is 10.1 Å². The lowest BCUT2D eigenvalue weighted by atomic mass is 9.90. The van der Waals surface area contributed by atoms with Crippen LogP contribution in [0.2, 0.25) is 0 Å². The number of ether oxygens (including phenoxy) is 1. The molecule has 1 saturated carbocycles. The molecule has 0 aromatic heterocycles. The van der Waals surface area contributed by atoms with Gasteiger partial charge in [0.2, 0.25) is 0 Å². The first-order chi connectivity index (χ1) is 12.9. The molecule has 0 bridgehead atoms. The van der Waals surface area contributed by atoms with Gasteiger partial charge in [0, 0.05) is 19.1 Å². The van der Waals surface area contributed by atoms with Gasteiger partial charge in [-0.15, -0.1) is 0 Å². The summed E-state index contributed by atoms with van der Waals surface area (Å²) in [6, 6.07) is 1.37. The molecule has 1 aliphatic carbocycles. The van der Waals surface area contributed by atoms with Crippen LogP contribution in [-0.2, 0) is 9.57 Å². The van der Waals surface area contributed by atoms with Crippen molar-refractivity contribution in [2.45, 2.75) is 75.6 Å². The molecule has 4 aliphatic heterocycles. The third-order valence-corrected chi connectivity index (χ3v) is 7.28. The minimum atomic E-state index is 0.153. The van der Waals surface area contributed by atoms with Gasteiger partial charge in [0.25, 0.3) is 0 Å². The van der Waals surface area contributed by atoms with Gasteiger partial charge in [0.15, 0.2) is 0 Å². The Morgan fingerprint density at radius 1 is 0.923 bits per heavy atom. The van der Waals surface area contributed by atoms with Crippen molar-refractivity contribution in [3.63, 3.8) is 0 Å². The third kappa shape index (κ3) is 3.55. The minimum absolute atomic E-state index is 0.153. The summed E-state index contributed by atoms with van der Waals surface area (Å²) in [5.74, 6) is 0.618. The summed E-state index contributed by atoms with van der Waals surface area (Å²) in [6.07, 6.45) is 10.1. The number of likely N-dealkylation sites (tertiary alicyclic amines) is 1. The first-order valence-electron chi connectivity index (χ1n) is 10.9. The number of piperidine rings is 1. The van der Waals surface area contributed by atoms with Gasteiger partial charge in [-0.1, -0.05) is 6.42 Å². The Morgan fingerprint density at radius 3 is 2.62 bits per heavy atom. The molecular weight excluding hydrogens is 330 g/mol. The molecule has 5 atom stereocenters. The minimum Gasteiger partial charge on any atom is -0.379 e. The van der Waals surface area contributed by atoms with E-state index in [1.54, 1.807) is 0 Å². The van der Waals surface area contributed by atoms with Crippen molar-refractivity contribution in [2.24, 2.45) is 5.92 Å². The second-order valence-corrected chi connectivity index (χ2v) is 8.74. The summed E-state index contributed by atoms with van der Waals surface area (Å²) < 4.78 is 5.51. The van der Waals surface area contributed by atoms with Gasteiger partial charge in [-0.05, 0) is 57.5 Å². The van der Waals surface area contributed by atoms with Crippen LogP contribution in [0.25, 0.3) is 0 Å². The van der Waals surface area contributed by atoms with Crippen molar-refractivity contribution in [3.05, 3.63) is 0 Å². The molecule has 26 heavy (non-hydrogen) atoms. The lowest BCUT2D eigenvalue weighted by Gasteiger charge is -2.41. The highest BCUT2D eigenvalue weighted by molar-refractivity contribution is 4.95. The van der Waals surface area contributed by atoms with E-state index in [2.05, 4.69) is 25.9 Å². The van der Waals surface area contributed by atoms with E-state index in [1.807, 2.05) is 0 Å². The summed E-state index contributed by atoms with van der Waals surface area (Å²) in [4.78, 5) is 11.4. The SMILES string of the molecule is C1CC(N2CCCC2C2NC(C3CCNC(N4CCOCC4)C3)NO2)C1. The predicted octanol–water partition coefficient (Wildman–Crippen LogP) is 0.438. The number of nitrogens with one attached hydrogen (secondary N) is 3. The Kier molecular flexibility index (Phi) is 5.47. The van der Waals surface area contributed by atoms with Gasteiger partial charge in [-0.3, -0.25) is 20.0 Å². The van der Waals surface area contributed by atoms with Crippen molar-refractivity contribution < 1.29 is 9.57 Å². The fraction of sp³-hybridized carbons (Fsp3) is 1.00. The highest BCUT2D eigenvalue weighted by Gasteiger charge is 2.43. The smallest absolute Gasteiger partial charge is 0.146 e. The molecule has 5 aliphatic rings. The lowest BCUT2D eigenvalue weighted by molar-refractivity contribution is -0.0415. The standard InChI is InChI=1S/C19H35N5O2/c1-3-15(4-1)24-8-2-5-16(24)19-21-18(22-26-19)14-6-7-20-17(13-14)23-9-11-25-12-10-23/h14-22H,1-13H2. The van der Waals surface area contributed by atoms with Crippen LogP contribution >= 0.6 is 0 Å². The second kappa shape index (κ2) is 7.99. The van der Waals surface area contributed by atoms with Crippen LogP contribution < -0.4 is 16.1 Å². The second-order valence-electron chi connectivity index (χ2n) is 8.74. The zero-order valence-corrected chi connectivity index (χ0v) is 15.9. The predicted molar refractivity (Wildman–Crippen MR) is 99.2 cm³/mol. The normalized spacial score (nSPS) is 43.6. The van der Waals surface area contributed by atoms with E-state index in [0.717, 1.165) is 38.9 Å². The Morgan fingerprint density at radius 2 is 1.81 bits per heavy atom. The van der Waals surface area contributed by atoms with E-state index in [0.29, 0.717) is 18.1 Å². The van der Waals surface area contributed by atoms with E-state index in [-0.39, 0.29) is 12.4 Å². The zero-order valence-electron chi connectivity index (χ0n) is 15.9. The number of rotatable bonds is 4. The molecule has 5 unspecified atom stereocenters. The summed E-state index contributed by atoms with van der Waals surface area (Å²) in [7, 11) is 0. The molecule has 0 radical (unpaired) electrons. The molecule has 0 amide bonds. The van der Waals surface area contributed by atoms with Gasteiger partial charge in [-0.25, -0.2) is 0 Å². The van der Waals surface area contributed by atoms with Crippen LogP contribution in [0.1, 0.15) is 44.9 Å². The summed E-state index contributed by atoms with van der Waals surface area (Å²) in [6.45, 7) is 6.18. The average Bonchev–Trinajstić information content (AvgIpc) is 3.31. The van der Waals surface area contributed by atoms with Crippen molar-refractivity contribution in [3.8, 4) is 0 Å². The van der Waals surface area contributed by atoms with E-state index in [9.17, 15) is 0 Å². The Hall–Kier alpha value is -0.280. The third-order valence-electron chi connectivity index (χ3n) is 7.28. The van der Waals surface area contributed by atoms with Crippen molar-refractivity contribution in [1.82, 2.24) is 25.9 Å². The molecule has 5 fully saturated rings. The monoisotopic (exact) mass is 365 g/mol. The molecule has 7 nitrogen and oxygen atoms in total. The molecule has 4 saturated heterocycles. The number of hydrogen-bond acceptors (Lipinski definition) is 7. The first-order valence-corrected chi connectivity index (χ1v) is 10.9. The average molecular weight is 366 g/mol. The quantitative estimate of drug-likeness (QED) is 0.668. The molecule has 148 valence electrons. The lowest BCUT2D eigenvalue weighted by Crippen LogP contribution is -2.57. The van der Waals surface area contributed by atoms with Gasteiger partial charge in [0.05, 0.1) is 31.6 Å².